The Morgan fingerprint density at radius 3 is 2.71 bits per heavy atom. The molecule has 1 aliphatic rings. The summed E-state index contributed by atoms with van der Waals surface area (Å²) in [6, 6.07) is 11.5. The number of primary amides is 1. The van der Waals surface area contributed by atoms with Gasteiger partial charge in [0.05, 0.1) is 16.5 Å². The SMILES string of the molecule is C[C@@H](Sc1nc(C2CC2)n(-c2ccccc2)n1)C(=O)Nc1sccc1C(N)=O. The molecule has 0 aliphatic heterocycles. The van der Waals surface area contributed by atoms with Crippen LogP contribution in [0, 0.1) is 0 Å². The second-order valence-electron chi connectivity index (χ2n) is 6.55. The predicted molar refractivity (Wildman–Crippen MR) is 110 cm³/mol. The van der Waals surface area contributed by atoms with Crippen LogP contribution in [0.4, 0.5) is 5.00 Å². The Labute approximate surface area is 170 Å². The van der Waals surface area contributed by atoms with Gasteiger partial charge in [-0.3, -0.25) is 9.59 Å². The van der Waals surface area contributed by atoms with Gasteiger partial charge in [0.25, 0.3) is 5.91 Å². The Morgan fingerprint density at radius 1 is 1.29 bits per heavy atom. The fraction of sp³-hybridized carbons (Fsp3) is 0.263. The molecule has 9 heteroatoms. The molecule has 144 valence electrons. The van der Waals surface area contributed by atoms with E-state index in [1.54, 1.807) is 18.4 Å². The Balaban J connectivity index is 1.50. The van der Waals surface area contributed by atoms with Gasteiger partial charge in [0.1, 0.15) is 10.8 Å². The van der Waals surface area contributed by atoms with Crippen LogP contribution in [0.25, 0.3) is 5.69 Å². The van der Waals surface area contributed by atoms with E-state index in [0.717, 1.165) is 24.4 Å². The highest BCUT2D eigenvalue weighted by molar-refractivity contribution is 8.00. The molecule has 3 aromatic rings. The topological polar surface area (TPSA) is 103 Å². The van der Waals surface area contributed by atoms with E-state index in [4.69, 9.17) is 5.73 Å². The molecule has 3 N–H and O–H groups in total. The number of thiophene rings is 1. The number of amides is 2. The summed E-state index contributed by atoms with van der Waals surface area (Å²) in [5.41, 5.74) is 6.61. The molecule has 0 bridgehead atoms. The number of aromatic nitrogens is 3. The lowest BCUT2D eigenvalue weighted by Crippen LogP contribution is -2.23. The molecule has 0 spiro atoms. The molecule has 1 saturated carbocycles. The number of para-hydroxylation sites is 1. The summed E-state index contributed by atoms with van der Waals surface area (Å²) in [6.07, 6.45) is 2.22. The number of hydrogen-bond acceptors (Lipinski definition) is 6. The summed E-state index contributed by atoms with van der Waals surface area (Å²) in [5.74, 6) is 0.583. The number of nitrogens with two attached hydrogens (primary N) is 1. The van der Waals surface area contributed by atoms with Crippen molar-refractivity contribution in [3.05, 3.63) is 53.2 Å². The van der Waals surface area contributed by atoms with Gasteiger partial charge in [-0.25, -0.2) is 9.67 Å². The first kappa shape index (κ1) is 18.7. The van der Waals surface area contributed by atoms with Gasteiger partial charge in [-0.1, -0.05) is 30.0 Å². The molecule has 2 heterocycles. The molecule has 0 saturated heterocycles. The molecule has 1 atom stereocenters. The Hall–Kier alpha value is -2.65. The van der Waals surface area contributed by atoms with E-state index in [2.05, 4.69) is 15.4 Å². The molecular weight excluding hydrogens is 394 g/mol. The van der Waals surface area contributed by atoms with E-state index in [1.165, 1.54) is 23.1 Å². The zero-order chi connectivity index (χ0) is 19.7. The van der Waals surface area contributed by atoms with Gasteiger partial charge >= 0.3 is 0 Å². The first-order valence-corrected chi connectivity index (χ1v) is 10.7. The number of anilines is 1. The molecule has 1 aliphatic carbocycles. The summed E-state index contributed by atoms with van der Waals surface area (Å²) >= 11 is 2.56. The van der Waals surface area contributed by atoms with E-state index in [-0.39, 0.29) is 5.91 Å². The van der Waals surface area contributed by atoms with Crippen molar-refractivity contribution in [2.75, 3.05) is 5.32 Å². The third-order valence-corrected chi connectivity index (χ3v) is 6.16. The molecule has 2 amide bonds. The minimum absolute atomic E-state index is 0.223. The number of rotatable bonds is 7. The third-order valence-electron chi connectivity index (χ3n) is 4.37. The molecular formula is C19H19N5O2S2. The van der Waals surface area contributed by atoms with Gasteiger partial charge in [-0.2, -0.15) is 0 Å². The maximum Gasteiger partial charge on any atom is 0.251 e. The molecule has 7 nitrogen and oxygen atoms in total. The van der Waals surface area contributed by atoms with E-state index in [0.29, 0.717) is 21.6 Å². The van der Waals surface area contributed by atoms with Crippen molar-refractivity contribution in [2.24, 2.45) is 5.73 Å². The van der Waals surface area contributed by atoms with Crippen LogP contribution < -0.4 is 11.1 Å². The van der Waals surface area contributed by atoms with E-state index < -0.39 is 11.2 Å². The van der Waals surface area contributed by atoms with Crippen LogP contribution in [0.15, 0.2) is 46.9 Å². The third kappa shape index (κ3) is 3.95. The van der Waals surface area contributed by atoms with E-state index >= 15 is 0 Å². The second kappa shape index (κ2) is 7.76. The lowest BCUT2D eigenvalue weighted by Gasteiger charge is -2.09. The van der Waals surface area contributed by atoms with Crippen LogP contribution in [-0.4, -0.2) is 31.8 Å². The second-order valence-corrected chi connectivity index (χ2v) is 8.78. The van der Waals surface area contributed by atoms with Crippen molar-refractivity contribution >= 4 is 39.9 Å². The van der Waals surface area contributed by atoms with Crippen molar-refractivity contribution in [3.8, 4) is 5.69 Å². The van der Waals surface area contributed by atoms with E-state index in [9.17, 15) is 9.59 Å². The van der Waals surface area contributed by atoms with Gasteiger partial charge in [0, 0.05) is 5.92 Å². The number of nitrogens with zero attached hydrogens (tertiary/aromatic N) is 3. The minimum Gasteiger partial charge on any atom is -0.366 e. The van der Waals surface area contributed by atoms with Crippen LogP contribution in [-0.2, 0) is 4.79 Å². The summed E-state index contributed by atoms with van der Waals surface area (Å²) in [6.45, 7) is 1.79. The highest BCUT2D eigenvalue weighted by atomic mass is 32.2. The Morgan fingerprint density at radius 2 is 2.04 bits per heavy atom. The largest absolute Gasteiger partial charge is 0.366 e. The van der Waals surface area contributed by atoms with Crippen molar-refractivity contribution < 1.29 is 9.59 Å². The number of benzene rings is 1. The number of nitrogens with one attached hydrogen (secondary N) is 1. The summed E-state index contributed by atoms with van der Waals surface area (Å²) < 4.78 is 1.87. The first-order valence-electron chi connectivity index (χ1n) is 8.90. The van der Waals surface area contributed by atoms with Gasteiger partial charge in [0.2, 0.25) is 11.1 Å². The molecule has 4 rings (SSSR count). The highest BCUT2D eigenvalue weighted by Gasteiger charge is 2.31. The predicted octanol–water partition coefficient (Wildman–Crippen LogP) is 3.42. The van der Waals surface area contributed by atoms with Crippen LogP contribution in [0.5, 0.6) is 0 Å². The molecule has 0 unspecified atom stereocenters. The monoisotopic (exact) mass is 413 g/mol. The lowest BCUT2D eigenvalue weighted by molar-refractivity contribution is -0.115. The Bertz CT molecular complexity index is 1010. The van der Waals surface area contributed by atoms with Crippen LogP contribution in [0.3, 0.4) is 0 Å². The van der Waals surface area contributed by atoms with Crippen molar-refractivity contribution in [1.82, 2.24) is 14.8 Å². The standard InChI is InChI=1S/C19H19N5O2S2/c1-11(17(26)22-18-14(15(20)25)9-10-27-18)28-19-21-16(12-7-8-12)24(23-19)13-5-3-2-4-6-13/h2-6,9-12H,7-8H2,1H3,(H2,20,25)(H,22,26)/t11-/m1/s1. The lowest BCUT2D eigenvalue weighted by atomic mass is 10.3. The summed E-state index contributed by atoms with van der Waals surface area (Å²) in [7, 11) is 0. The highest BCUT2D eigenvalue weighted by Crippen LogP contribution is 2.40. The zero-order valence-electron chi connectivity index (χ0n) is 15.2. The van der Waals surface area contributed by atoms with Crippen molar-refractivity contribution in [3.63, 3.8) is 0 Å². The number of carbonyl (C=O) groups excluding carboxylic acids is 2. The van der Waals surface area contributed by atoms with Gasteiger partial charge in [-0.05, 0) is 43.3 Å². The van der Waals surface area contributed by atoms with E-state index in [1.807, 2.05) is 35.0 Å². The fourth-order valence-electron chi connectivity index (χ4n) is 2.74. The van der Waals surface area contributed by atoms with Crippen molar-refractivity contribution in [2.45, 2.75) is 36.1 Å². The van der Waals surface area contributed by atoms with Crippen LogP contribution in [0.2, 0.25) is 0 Å². The van der Waals surface area contributed by atoms with Gasteiger partial charge in [0.15, 0.2) is 0 Å². The summed E-state index contributed by atoms with van der Waals surface area (Å²) in [5, 5.41) is 9.72. The average molecular weight is 414 g/mol. The number of hydrogen-bond donors (Lipinski definition) is 2. The van der Waals surface area contributed by atoms with Crippen molar-refractivity contribution in [1.29, 1.82) is 0 Å². The fourth-order valence-corrected chi connectivity index (χ4v) is 4.30. The normalized spacial score (nSPS) is 14.6. The average Bonchev–Trinajstić information content (AvgIpc) is 3.28. The smallest absolute Gasteiger partial charge is 0.251 e. The molecule has 1 fully saturated rings. The maximum absolute atomic E-state index is 12.6. The minimum atomic E-state index is -0.561. The van der Waals surface area contributed by atoms with Crippen LogP contribution in [0.1, 0.15) is 41.9 Å². The molecule has 2 aromatic heterocycles. The van der Waals surface area contributed by atoms with Crippen LogP contribution >= 0.6 is 23.1 Å². The number of carbonyl (C=O) groups is 2. The zero-order valence-corrected chi connectivity index (χ0v) is 16.8. The maximum atomic E-state index is 12.6. The Kier molecular flexibility index (Phi) is 5.19. The summed E-state index contributed by atoms with van der Waals surface area (Å²) in [4.78, 5) is 28.7. The first-order chi connectivity index (χ1) is 13.5. The molecule has 28 heavy (non-hydrogen) atoms. The molecule has 1 aromatic carbocycles. The quantitative estimate of drug-likeness (QED) is 0.578. The number of thioether (sulfide) groups is 1. The van der Waals surface area contributed by atoms with Gasteiger partial charge in [-0.15, -0.1) is 16.4 Å². The molecule has 0 radical (unpaired) electrons. The van der Waals surface area contributed by atoms with Gasteiger partial charge < -0.3 is 11.1 Å².